The molecule has 0 unspecified atom stereocenters. The summed E-state index contributed by atoms with van der Waals surface area (Å²) in [6.45, 7) is 5.39. The maximum absolute atomic E-state index is 12.9. The first-order valence-corrected chi connectivity index (χ1v) is 9.95. The molecule has 4 N–H and O–H groups in total. The van der Waals surface area contributed by atoms with Crippen LogP contribution in [-0.4, -0.2) is 20.3 Å². The summed E-state index contributed by atoms with van der Waals surface area (Å²) in [6.07, 6.45) is 4.38. The van der Waals surface area contributed by atoms with Crippen LogP contribution >= 0.6 is 0 Å². The van der Waals surface area contributed by atoms with E-state index in [1.54, 1.807) is 45.2 Å². The van der Waals surface area contributed by atoms with E-state index in [1.807, 2.05) is 12.1 Å². The number of aryl methyl sites for hydroxylation is 1. The second kappa shape index (κ2) is 8.96. The first-order chi connectivity index (χ1) is 15.2. The lowest BCUT2D eigenvalue weighted by molar-refractivity contribution is 0.104. The Morgan fingerprint density at radius 3 is 2.53 bits per heavy atom. The molecule has 8 nitrogen and oxygen atoms in total. The molecule has 0 spiro atoms. The highest BCUT2D eigenvalue weighted by Crippen LogP contribution is 2.20. The average Bonchev–Trinajstić information content (AvgIpc) is 2.79. The second-order valence-electron chi connectivity index (χ2n) is 7.85. The molecule has 32 heavy (non-hydrogen) atoms. The third kappa shape index (κ3) is 4.63. The molecule has 1 aromatic carbocycles. The van der Waals surface area contributed by atoms with Gasteiger partial charge in [0.1, 0.15) is 11.2 Å². The third-order valence-corrected chi connectivity index (χ3v) is 5.08. The van der Waals surface area contributed by atoms with Gasteiger partial charge in [0.2, 0.25) is 5.78 Å². The molecule has 2 aromatic heterocycles. The summed E-state index contributed by atoms with van der Waals surface area (Å²) < 4.78 is 1.33. The lowest BCUT2D eigenvalue weighted by Crippen LogP contribution is -2.34. The molecule has 0 aliphatic heterocycles. The van der Waals surface area contributed by atoms with Gasteiger partial charge in [0.05, 0.1) is 23.7 Å². The van der Waals surface area contributed by atoms with Crippen molar-refractivity contribution in [3.63, 3.8) is 0 Å². The Labute approximate surface area is 185 Å². The largest absolute Gasteiger partial charge is 0.398 e. The molecule has 8 heteroatoms. The van der Waals surface area contributed by atoms with Crippen LogP contribution in [0.5, 0.6) is 0 Å². The third-order valence-electron chi connectivity index (χ3n) is 5.08. The molecule has 0 fully saturated rings. The second-order valence-corrected chi connectivity index (χ2v) is 7.85. The molecule has 0 atom stereocenters. The quantitative estimate of drug-likeness (QED) is 0.454. The van der Waals surface area contributed by atoms with Gasteiger partial charge >= 0.3 is 0 Å². The number of aromatic nitrogens is 3. The average molecular weight is 428 g/mol. The van der Waals surface area contributed by atoms with E-state index in [0.717, 1.165) is 5.56 Å². The molecule has 0 saturated heterocycles. The predicted molar refractivity (Wildman–Crippen MR) is 122 cm³/mol. The first-order valence-electron chi connectivity index (χ1n) is 9.95. The van der Waals surface area contributed by atoms with Gasteiger partial charge in [-0.1, -0.05) is 24.3 Å². The molecule has 3 rings (SSSR count). The van der Waals surface area contributed by atoms with Crippen LogP contribution in [0.3, 0.4) is 0 Å². The number of pyridine rings is 1. The van der Waals surface area contributed by atoms with Crippen LogP contribution in [0.2, 0.25) is 0 Å². The normalized spacial score (nSPS) is 11.8. The van der Waals surface area contributed by atoms with Gasteiger partial charge in [-0.3, -0.25) is 19.1 Å². The highest BCUT2D eigenvalue weighted by molar-refractivity contribution is 6.07. The fourth-order valence-electron chi connectivity index (χ4n) is 3.08. The van der Waals surface area contributed by atoms with Crippen LogP contribution in [0.15, 0.2) is 59.7 Å². The minimum absolute atomic E-state index is 0.154. The number of carbonyl (C=O) groups is 1. The van der Waals surface area contributed by atoms with Crippen molar-refractivity contribution in [1.29, 1.82) is 5.26 Å². The number of allylic oxidation sites excluding steroid dienone is 1. The Hall–Kier alpha value is -4.09. The molecule has 0 aliphatic carbocycles. The van der Waals surface area contributed by atoms with Crippen molar-refractivity contribution in [2.75, 3.05) is 0 Å². The standard InChI is InChI=1S/C24H24N6O2/c1-15-23(21(31)10-19(27)17-6-4-16(11-25)5-7-17)29-20(12-28-15)18-8-9-22(32)30(13-18)24(2,3)14-26/h4-10,12-13H,11,25,27H2,1-3H3. The molecule has 0 saturated carbocycles. The number of hydrogen-bond acceptors (Lipinski definition) is 7. The Balaban J connectivity index is 1.99. The number of benzene rings is 1. The van der Waals surface area contributed by atoms with Crippen LogP contribution in [0.1, 0.15) is 41.2 Å². The van der Waals surface area contributed by atoms with Gasteiger partial charge in [0.15, 0.2) is 0 Å². The Morgan fingerprint density at radius 1 is 1.22 bits per heavy atom. The monoisotopic (exact) mass is 428 g/mol. The van der Waals surface area contributed by atoms with Crippen LogP contribution in [-0.2, 0) is 12.1 Å². The zero-order valence-electron chi connectivity index (χ0n) is 18.2. The van der Waals surface area contributed by atoms with E-state index in [4.69, 9.17) is 11.5 Å². The van der Waals surface area contributed by atoms with Gasteiger partial charge in [0, 0.05) is 36.1 Å². The van der Waals surface area contributed by atoms with Crippen molar-refractivity contribution in [3.8, 4) is 17.3 Å². The summed E-state index contributed by atoms with van der Waals surface area (Å²) in [6, 6.07) is 12.4. The fourth-order valence-corrected chi connectivity index (χ4v) is 3.08. The van der Waals surface area contributed by atoms with Crippen LogP contribution in [0.25, 0.3) is 17.0 Å². The lowest BCUT2D eigenvalue weighted by atomic mass is 10.1. The first kappa shape index (κ1) is 22.6. The zero-order valence-corrected chi connectivity index (χ0v) is 18.2. The van der Waals surface area contributed by atoms with Crippen molar-refractivity contribution >= 4 is 11.5 Å². The van der Waals surface area contributed by atoms with Gasteiger partial charge in [-0.25, -0.2) is 4.98 Å². The highest BCUT2D eigenvalue weighted by atomic mass is 16.1. The number of nitriles is 1. The Bertz CT molecular complexity index is 1300. The van der Waals surface area contributed by atoms with E-state index in [2.05, 4.69) is 16.0 Å². The maximum Gasteiger partial charge on any atom is 0.251 e. The molecule has 0 radical (unpaired) electrons. The van der Waals surface area contributed by atoms with Crippen molar-refractivity contribution in [2.24, 2.45) is 11.5 Å². The minimum Gasteiger partial charge on any atom is -0.398 e. The highest BCUT2D eigenvalue weighted by Gasteiger charge is 2.21. The van der Waals surface area contributed by atoms with Gasteiger partial charge in [0.25, 0.3) is 5.56 Å². The van der Waals surface area contributed by atoms with Gasteiger partial charge in [-0.2, -0.15) is 5.26 Å². The molecule has 0 aliphatic rings. The Kier molecular flexibility index (Phi) is 6.32. The smallest absolute Gasteiger partial charge is 0.251 e. The predicted octanol–water partition coefficient (Wildman–Crippen LogP) is 2.51. The number of nitrogens with two attached hydrogens (primary N) is 2. The molecular formula is C24H24N6O2. The summed E-state index contributed by atoms with van der Waals surface area (Å²) in [5, 5.41) is 9.39. The van der Waals surface area contributed by atoms with E-state index < -0.39 is 5.54 Å². The molecule has 2 heterocycles. The van der Waals surface area contributed by atoms with Gasteiger partial charge in [-0.05, 0) is 38.0 Å². The van der Waals surface area contributed by atoms with Crippen molar-refractivity contribution in [2.45, 2.75) is 32.9 Å². The van der Waals surface area contributed by atoms with E-state index >= 15 is 0 Å². The van der Waals surface area contributed by atoms with Crippen LogP contribution in [0.4, 0.5) is 0 Å². The number of hydrogen-bond donors (Lipinski definition) is 2. The van der Waals surface area contributed by atoms with Crippen LogP contribution in [0, 0.1) is 18.3 Å². The molecular weight excluding hydrogens is 404 g/mol. The van der Waals surface area contributed by atoms with Crippen molar-refractivity contribution < 1.29 is 4.79 Å². The van der Waals surface area contributed by atoms with E-state index in [0.29, 0.717) is 34.8 Å². The van der Waals surface area contributed by atoms with Crippen molar-refractivity contribution in [3.05, 3.63) is 87.7 Å². The Morgan fingerprint density at radius 2 is 1.91 bits per heavy atom. The summed E-state index contributed by atoms with van der Waals surface area (Å²) >= 11 is 0. The number of carbonyl (C=O) groups excluding carboxylic acids is 1. The summed E-state index contributed by atoms with van der Waals surface area (Å²) in [7, 11) is 0. The number of ketones is 1. The molecule has 0 amide bonds. The van der Waals surface area contributed by atoms with E-state index in [1.165, 1.54) is 22.9 Å². The summed E-state index contributed by atoms with van der Waals surface area (Å²) in [4.78, 5) is 33.9. The molecule has 0 bridgehead atoms. The van der Waals surface area contributed by atoms with Crippen LogP contribution < -0.4 is 17.0 Å². The lowest BCUT2D eigenvalue weighted by Gasteiger charge is -2.19. The minimum atomic E-state index is -1.04. The molecule has 3 aromatic rings. The SMILES string of the molecule is Cc1ncc(-c2ccc(=O)n(C(C)(C)C#N)c2)nc1C(=O)C=C(N)c1ccc(CN)cc1. The summed E-state index contributed by atoms with van der Waals surface area (Å²) in [5.74, 6) is -0.386. The van der Waals surface area contributed by atoms with E-state index in [-0.39, 0.29) is 17.0 Å². The fraction of sp³-hybridized carbons (Fsp3) is 0.208. The topological polar surface area (TPSA) is 141 Å². The van der Waals surface area contributed by atoms with Gasteiger partial charge < -0.3 is 11.5 Å². The summed E-state index contributed by atoms with van der Waals surface area (Å²) in [5.41, 5.74) is 13.9. The maximum atomic E-state index is 12.9. The molecule has 162 valence electrons. The van der Waals surface area contributed by atoms with Crippen molar-refractivity contribution in [1.82, 2.24) is 14.5 Å². The number of nitrogens with zero attached hydrogens (tertiary/aromatic N) is 4. The van der Waals surface area contributed by atoms with Gasteiger partial charge in [-0.15, -0.1) is 0 Å². The number of rotatable bonds is 6. The van der Waals surface area contributed by atoms with E-state index in [9.17, 15) is 14.9 Å². The zero-order chi connectivity index (χ0) is 23.5.